The van der Waals surface area contributed by atoms with Crippen molar-refractivity contribution >= 4 is 0 Å². The summed E-state index contributed by atoms with van der Waals surface area (Å²) in [5, 5.41) is 0. The van der Waals surface area contributed by atoms with Crippen LogP contribution in [0.3, 0.4) is 0 Å². The lowest BCUT2D eigenvalue weighted by Gasteiger charge is -2.30. The predicted molar refractivity (Wildman–Crippen MR) is 276 cm³/mol. The van der Waals surface area contributed by atoms with Gasteiger partial charge in [-0.25, -0.2) is 9.97 Å². The van der Waals surface area contributed by atoms with Gasteiger partial charge in [0.2, 0.25) is 0 Å². The van der Waals surface area contributed by atoms with Crippen molar-refractivity contribution in [2.45, 2.75) is 5.41 Å². The molecule has 0 amide bonds. The van der Waals surface area contributed by atoms with Crippen molar-refractivity contribution in [2.24, 2.45) is 0 Å². The highest BCUT2D eigenvalue weighted by Crippen LogP contribution is 2.63. The molecule has 11 aromatic rings. The van der Waals surface area contributed by atoms with E-state index in [9.17, 15) is 0 Å². The number of rotatable bonds is 7. The van der Waals surface area contributed by atoms with Gasteiger partial charge in [-0.15, -0.1) is 0 Å². The topological polar surface area (TPSA) is 25.8 Å². The Morgan fingerprint density at radius 1 is 0.209 bits per heavy atom. The SMILES string of the molecule is c1ccc(-c2cc(-c3ccccc3)cc(-c3cc(-c4cc(-c5ccccc5)cc(-c5ccc6c(c5)C5(c7ccccc7-c7ccccc75)c5ccccc5-6)c4)nc(-c4ccccc4)n3)c2)cc1. The van der Waals surface area contributed by atoms with Crippen LogP contribution in [0.1, 0.15) is 22.3 Å². The van der Waals surface area contributed by atoms with E-state index in [0.717, 1.165) is 72.6 Å². The van der Waals surface area contributed by atoms with Crippen LogP contribution in [0, 0.1) is 0 Å². The van der Waals surface area contributed by atoms with Gasteiger partial charge in [0.15, 0.2) is 5.82 Å². The van der Waals surface area contributed by atoms with E-state index in [1.165, 1.54) is 44.5 Å². The number of hydrogen-bond donors (Lipinski definition) is 0. The number of nitrogens with zero attached hydrogens (tertiary/aromatic N) is 2. The minimum atomic E-state index is -0.436. The Kier molecular flexibility index (Phi) is 9.11. The van der Waals surface area contributed by atoms with E-state index >= 15 is 0 Å². The molecule has 2 aliphatic rings. The van der Waals surface area contributed by atoms with E-state index in [4.69, 9.17) is 9.97 Å². The van der Waals surface area contributed by atoms with Gasteiger partial charge in [0.05, 0.1) is 16.8 Å². The van der Waals surface area contributed by atoms with E-state index < -0.39 is 5.41 Å². The summed E-state index contributed by atoms with van der Waals surface area (Å²) in [7, 11) is 0. The standard InChI is InChI=1S/C65H42N2/c1-5-19-43(20-6-1)48-35-49(44-21-7-2-8-22-44)38-52(37-48)62-42-63(67-64(66-62)46-25-11-4-12-26-46)53-39-50(45-23-9-3-10-24-45)36-51(40-53)47-33-34-57-56-29-15-18-32-60(56)65(61(57)41-47)58-30-16-13-27-54(58)55-28-14-17-31-59(55)65/h1-42H. The molecule has 13 rings (SSSR count). The van der Waals surface area contributed by atoms with Crippen molar-refractivity contribution < 1.29 is 0 Å². The van der Waals surface area contributed by atoms with Crippen LogP contribution in [-0.2, 0) is 5.41 Å². The third-order valence-electron chi connectivity index (χ3n) is 13.9. The largest absolute Gasteiger partial charge is 0.228 e. The fourth-order valence-corrected chi connectivity index (χ4v) is 10.8. The summed E-state index contributed by atoms with van der Waals surface area (Å²) in [6.45, 7) is 0. The van der Waals surface area contributed by atoms with Gasteiger partial charge in [-0.1, -0.05) is 206 Å². The predicted octanol–water partition coefficient (Wildman–Crippen LogP) is 16.5. The summed E-state index contributed by atoms with van der Waals surface area (Å²) in [6, 6.07) is 92.5. The summed E-state index contributed by atoms with van der Waals surface area (Å²) in [6.07, 6.45) is 0. The summed E-state index contributed by atoms with van der Waals surface area (Å²) in [4.78, 5) is 10.8. The van der Waals surface area contributed by atoms with Crippen LogP contribution in [0.4, 0.5) is 0 Å². The molecule has 2 nitrogen and oxygen atoms in total. The van der Waals surface area contributed by atoms with Crippen molar-refractivity contribution in [1.82, 2.24) is 9.97 Å². The van der Waals surface area contributed by atoms with Gasteiger partial charge < -0.3 is 0 Å². The molecule has 0 atom stereocenters. The van der Waals surface area contributed by atoms with Crippen LogP contribution < -0.4 is 0 Å². The Labute approximate surface area is 391 Å². The van der Waals surface area contributed by atoms with Crippen molar-refractivity contribution in [3.63, 3.8) is 0 Å². The van der Waals surface area contributed by atoms with Crippen molar-refractivity contribution in [3.05, 3.63) is 277 Å². The molecule has 0 unspecified atom stereocenters. The van der Waals surface area contributed by atoms with Gasteiger partial charge in [0, 0.05) is 16.7 Å². The summed E-state index contributed by atoms with van der Waals surface area (Å²) < 4.78 is 0. The molecule has 1 aromatic heterocycles. The van der Waals surface area contributed by atoms with Gasteiger partial charge in [-0.2, -0.15) is 0 Å². The highest BCUT2D eigenvalue weighted by molar-refractivity contribution is 5.96. The van der Waals surface area contributed by atoms with E-state index in [1.54, 1.807) is 0 Å². The third-order valence-corrected chi connectivity index (χ3v) is 13.9. The van der Waals surface area contributed by atoms with E-state index in [-0.39, 0.29) is 0 Å². The minimum Gasteiger partial charge on any atom is -0.228 e. The van der Waals surface area contributed by atoms with Crippen molar-refractivity contribution in [2.75, 3.05) is 0 Å². The maximum atomic E-state index is 5.41. The first-order valence-electron chi connectivity index (χ1n) is 23.0. The Bertz CT molecular complexity index is 3550. The zero-order valence-electron chi connectivity index (χ0n) is 36.6. The lowest BCUT2D eigenvalue weighted by Crippen LogP contribution is -2.25. The maximum Gasteiger partial charge on any atom is 0.160 e. The van der Waals surface area contributed by atoms with Gasteiger partial charge in [0.25, 0.3) is 0 Å². The fraction of sp³-hybridized carbons (Fsp3) is 0.0154. The first kappa shape index (κ1) is 38.7. The Balaban J connectivity index is 1.03. The molecular weight excluding hydrogens is 809 g/mol. The zero-order valence-corrected chi connectivity index (χ0v) is 36.6. The maximum absolute atomic E-state index is 5.41. The third kappa shape index (κ3) is 6.41. The molecule has 0 saturated heterocycles. The summed E-state index contributed by atoms with van der Waals surface area (Å²) in [5.41, 5.74) is 24.0. The number of aromatic nitrogens is 2. The monoisotopic (exact) mass is 850 g/mol. The fourth-order valence-electron chi connectivity index (χ4n) is 10.8. The second kappa shape index (κ2) is 15.8. The summed E-state index contributed by atoms with van der Waals surface area (Å²) >= 11 is 0. The molecule has 67 heavy (non-hydrogen) atoms. The smallest absolute Gasteiger partial charge is 0.160 e. The van der Waals surface area contributed by atoms with E-state index in [0.29, 0.717) is 5.82 Å². The first-order valence-corrected chi connectivity index (χ1v) is 23.0. The van der Waals surface area contributed by atoms with Gasteiger partial charge in [-0.05, 0) is 138 Å². The second-order valence-corrected chi connectivity index (χ2v) is 17.7. The van der Waals surface area contributed by atoms with Crippen LogP contribution in [0.2, 0.25) is 0 Å². The van der Waals surface area contributed by atoms with Crippen LogP contribution in [0.15, 0.2) is 255 Å². The number of hydrogen-bond acceptors (Lipinski definition) is 2. The van der Waals surface area contributed by atoms with Crippen LogP contribution >= 0.6 is 0 Å². The van der Waals surface area contributed by atoms with Gasteiger partial charge in [0.1, 0.15) is 0 Å². The number of fused-ring (bicyclic) bond motifs is 10. The summed E-state index contributed by atoms with van der Waals surface area (Å²) in [5.74, 6) is 0.682. The van der Waals surface area contributed by atoms with Gasteiger partial charge >= 0.3 is 0 Å². The Morgan fingerprint density at radius 3 is 0.955 bits per heavy atom. The van der Waals surface area contributed by atoms with E-state index in [1.807, 2.05) is 6.07 Å². The molecule has 0 aliphatic heterocycles. The molecule has 1 spiro atoms. The molecule has 0 fully saturated rings. The van der Waals surface area contributed by atoms with Crippen LogP contribution in [-0.4, -0.2) is 9.97 Å². The van der Waals surface area contributed by atoms with E-state index in [2.05, 4.69) is 249 Å². The second-order valence-electron chi connectivity index (χ2n) is 17.7. The molecule has 0 saturated carbocycles. The highest BCUT2D eigenvalue weighted by atomic mass is 14.9. The first-order chi connectivity index (χ1) is 33.2. The molecule has 0 N–H and O–H groups in total. The molecule has 0 radical (unpaired) electrons. The van der Waals surface area contributed by atoms with Crippen LogP contribution in [0.25, 0.3) is 101 Å². The average Bonchev–Trinajstić information content (AvgIpc) is 3.88. The Hall–Kier alpha value is -8.72. The quantitative estimate of drug-likeness (QED) is 0.160. The van der Waals surface area contributed by atoms with Crippen LogP contribution in [0.5, 0.6) is 0 Å². The molecule has 2 aliphatic carbocycles. The van der Waals surface area contributed by atoms with Gasteiger partial charge in [-0.3, -0.25) is 0 Å². The molecule has 0 bridgehead atoms. The number of benzene rings is 10. The van der Waals surface area contributed by atoms with Crippen molar-refractivity contribution in [1.29, 1.82) is 0 Å². The molecular formula is C65H42N2. The average molecular weight is 851 g/mol. The zero-order chi connectivity index (χ0) is 44.3. The lowest BCUT2D eigenvalue weighted by molar-refractivity contribution is 0.794. The molecule has 10 aromatic carbocycles. The highest BCUT2D eigenvalue weighted by Gasteiger charge is 2.51. The van der Waals surface area contributed by atoms with Crippen molar-refractivity contribution in [3.8, 4) is 101 Å². The molecule has 1 heterocycles. The molecule has 2 heteroatoms. The molecule has 312 valence electrons. The minimum absolute atomic E-state index is 0.436. The lowest BCUT2D eigenvalue weighted by atomic mass is 9.70. The Morgan fingerprint density at radius 2 is 0.537 bits per heavy atom. The normalized spacial score (nSPS) is 12.6.